The Morgan fingerprint density at radius 2 is 2.10 bits per heavy atom. The van der Waals surface area contributed by atoms with Gasteiger partial charge in [-0.25, -0.2) is 9.97 Å². The van der Waals surface area contributed by atoms with Crippen LogP contribution in [0.15, 0.2) is 0 Å². The molecule has 2 heterocycles. The Labute approximate surface area is 133 Å². The molecule has 0 radical (unpaired) electrons. The van der Waals surface area contributed by atoms with E-state index in [2.05, 4.69) is 4.98 Å². The smallest absolute Gasteiger partial charge is 0.160 e. The summed E-state index contributed by atoms with van der Waals surface area (Å²) in [5.41, 5.74) is 1.40. The maximum atomic E-state index is 6.51. The van der Waals surface area contributed by atoms with Gasteiger partial charge in [0.2, 0.25) is 0 Å². The van der Waals surface area contributed by atoms with E-state index in [0.29, 0.717) is 17.7 Å². The van der Waals surface area contributed by atoms with Crippen molar-refractivity contribution in [1.29, 1.82) is 0 Å². The molecule has 4 rings (SSSR count). The average molecular weight is 323 g/mol. The summed E-state index contributed by atoms with van der Waals surface area (Å²) in [6, 6.07) is 0. The van der Waals surface area contributed by atoms with E-state index in [4.69, 9.17) is 21.3 Å². The van der Waals surface area contributed by atoms with E-state index in [9.17, 15) is 0 Å². The molecule has 0 amide bonds. The number of thiophene rings is 1. The monoisotopic (exact) mass is 322 g/mol. The molecule has 1 atom stereocenters. The molecule has 2 aliphatic carbocycles. The Morgan fingerprint density at radius 3 is 2.86 bits per heavy atom. The minimum atomic E-state index is 0.0241. The van der Waals surface area contributed by atoms with E-state index in [1.54, 1.807) is 11.3 Å². The van der Waals surface area contributed by atoms with Crippen LogP contribution in [0.1, 0.15) is 55.0 Å². The van der Waals surface area contributed by atoms with Gasteiger partial charge in [0.15, 0.2) is 5.82 Å². The fraction of sp³-hybridized carbons (Fsp3) is 0.625. The van der Waals surface area contributed by atoms with E-state index < -0.39 is 0 Å². The number of hydrogen-bond donors (Lipinski definition) is 0. The highest BCUT2D eigenvalue weighted by atomic mass is 35.5. The lowest BCUT2D eigenvalue weighted by Crippen LogP contribution is -2.11. The number of ether oxygens (including phenoxy) is 1. The average Bonchev–Trinajstić information content (AvgIpc) is 3.24. The molecule has 0 aromatic carbocycles. The Hall–Kier alpha value is -0.710. The molecule has 0 N–H and O–H groups in total. The number of aromatic nitrogens is 2. The first kappa shape index (κ1) is 13.9. The van der Waals surface area contributed by atoms with Crippen LogP contribution in [0.5, 0.6) is 0 Å². The Kier molecular flexibility index (Phi) is 3.64. The summed E-state index contributed by atoms with van der Waals surface area (Å²) in [6.07, 6.45) is 7.27. The lowest BCUT2D eigenvalue weighted by molar-refractivity contribution is 0.0403. The lowest BCUT2D eigenvalue weighted by atomic mass is 9.97. The molecule has 2 aromatic rings. The van der Waals surface area contributed by atoms with E-state index in [1.165, 1.54) is 42.5 Å². The molecule has 2 aliphatic rings. The van der Waals surface area contributed by atoms with Gasteiger partial charge in [-0.2, -0.15) is 0 Å². The van der Waals surface area contributed by atoms with Gasteiger partial charge in [-0.1, -0.05) is 11.6 Å². The molecule has 2 aromatic heterocycles. The zero-order valence-electron chi connectivity index (χ0n) is 12.2. The van der Waals surface area contributed by atoms with E-state index in [-0.39, 0.29) is 6.10 Å². The van der Waals surface area contributed by atoms with Crippen molar-refractivity contribution in [3.63, 3.8) is 0 Å². The normalized spacial score (nSPS) is 19.7. The van der Waals surface area contributed by atoms with Crippen molar-refractivity contribution >= 4 is 33.2 Å². The van der Waals surface area contributed by atoms with Crippen LogP contribution in [-0.4, -0.2) is 16.6 Å². The van der Waals surface area contributed by atoms with Crippen molar-refractivity contribution in [2.45, 2.75) is 51.6 Å². The highest BCUT2D eigenvalue weighted by Crippen LogP contribution is 2.44. The molecule has 1 saturated carbocycles. The summed E-state index contributed by atoms with van der Waals surface area (Å²) in [6.45, 7) is 2.72. The number of rotatable bonds is 4. The largest absolute Gasteiger partial charge is 0.370 e. The van der Waals surface area contributed by atoms with Gasteiger partial charge >= 0.3 is 0 Å². The van der Waals surface area contributed by atoms with Crippen molar-refractivity contribution < 1.29 is 4.74 Å². The van der Waals surface area contributed by atoms with Gasteiger partial charge < -0.3 is 4.74 Å². The predicted molar refractivity (Wildman–Crippen MR) is 86.2 cm³/mol. The van der Waals surface area contributed by atoms with Crippen molar-refractivity contribution in [2.75, 3.05) is 6.61 Å². The van der Waals surface area contributed by atoms with Gasteiger partial charge in [0, 0.05) is 11.5 Å². The van der Waals surface area contributed by atoms with E-state index in [1.807, 2.05) is 6.92 Å². The number of halogens is 1. The van der Waals surface area contributed by atoms with Crippen molar-refractivity contribution in [2.24, 2.45) is 5.92 Å². The third-order valence-electron chi connectivity index (χ3n) is 4.44. The van der Waals surface area contributed by atoms with Gasteiger partial charge in [0.25, 0.3) is 0 Å². The quantitative estimate of drug-likeness (QED) is 0.764. The second-order valence-corrected chi connectivity index (χ2v) is 7.42. The topological polar surface area (TPSA) is 35.0 Å². The Bertz CT molecular complexity index is 680. The van der Waals surface area contributed by atoms with Crippen LogP contribution in [0.2, 0.25) is 5.15 Å². The third kappa shape index (κ3) is 2.47. The first-order valence-electron chi connectivity index (χ1n) is 7.87. The van der Waals surface area contributed by atoms with Crippen LogP contribution in [-0.2, 0) is 17.6 Å². The van der Waals surface area contributed by atoms with Crippen molar-refractivity contribution in [1.82, 2.24) is 9.97 Å². The minimum Gasteiger partial charge on any atom is -0.370 e. The van der Waals surface area contributed by atoms with Crippen molar-refractivity contribution in [3.8, 4) is 0 Å². The molecule has 0 saturated heterocycles. The highest BCUT2D eigenvalue weighted by Gasteiger charge is 2.35. The predicted octanol–water partition coefficient (Wildman–Crippen LogP) is 4.71. The van der Waals surface area contributed by atoms with E-state index >= 15 is 0 Å². The summed E-state index contributed by atoms with van der Waals surface area (Å²) in [5.74, 6) is 1.36. The zero-order valence-corrected chi connectivity index (χ0v) is 13.8. The summed E-state index contributed by atoms with van der Waals surface area (Å²) in [7, 11) is 0. The fourth-order valence-electron chi connectivity index (χ4n) is 3.26. The second kappa shape index (κ2) is 5.49. The maximum absolute atomic E-state index is 6.51. The van der Waals surface area contributed by atoms with Crippen LogP contribution in [0.25, 0.3) is 10.2 Å². The molecular weight excluding hydrogens is 304 g/mol. The molecule has 0 aliphatic heterocycles. The standard InChI is InChI=1S/C16H19ClN2OS/c1-2-20-13(9-7-8-9)15-18-14(17)12-10-5-3-4-6-11(10)21-16(12)19-15/h9,13H,2-8H2,1H3. The SMILES string of the molecule is CCOC(c1nc(Cl)c2c3c(sc2n1)CCCC3)C1CC1. The Morgan fingerprint density at radius 1 is 1.29 bits per heavy atom. The molecule has 0 spiro atoms. The molecule has 21 heavy (non-hydrogen) atoms. The number of hydrogen-bond acceptors (Lipinski definition) is 4. The second-order valence-electron chi connectivity index (χ2n) is 5.98. The summed E-state index contributed by atoms with van der Waals surface area (Å²) in [5, 5.41) is 1.73. The number of nitrogens with zero attached hydrogens (tertiary/aromatic N) is 2. The maximum Gasteiger partial charge on any atom is 0.160 e. The van der Waals surface area contributed by atoms with Gasteiger partial charge in [-0.3, -0.25) is 0 Å². The highest BCUT2D eigenvalue weighted by molar-refractivity contribution is 7.19. The van der Waals surface area contributed by atoms with Gasteiger partial charge in [-0.05, 0) is 56.9 Å². The summed E-state index contributed by atoms with van der Waals surface area (Å²) < 4.78 is 5.88. The lowest BCUT2D eigenvalue weighted by Gasteiger charge is -2.15. The van der Waals surface area contributed by atoms with Gasteiger partial charge in [-0.15, -0.1) is 11.3 Å². The molecule has 5 heteroatoms. The fourth-order valence-corrected chi connectivity index (χ4v) is 4.87. The first-order valence-corrected chi connectivity index (χ1v) is 9.06. The van der Waals surface area contributed by atoms with E-state index in [0.717, 1.165) is 22.5 Å². The third-order valence-corrected chi connectivity index (χ3v) is 5.90. The first-order chi connectivity index (χ1) is 10.3. The molecule has 0 bridgehead atoms. The molecule has 112 valence electrons. The molecule has 1 fully saturated rings. The Balaban J connectivity index is 1.81. The summed E-state index contributed by atoms with van der Waals surface area (Å²) in [4.78, 5) is 11.9. The zero-order chi connectivity index (χ0) is 14.4. The van der Waals surface area contributed by atoms with Crippen LogP contribution < -0.4 is 0 Å². The molecule has 3 nitrogen and oxygen atoms in total. The number of fused-ring (bicyclic) bond motifs is 3. The van der Waals surface area contributed by atoms with Gasteiger partial charge in [0.05, 0.1) is 5.39 Å². The minimum absolute atomic E-state index is 0.0241. The van der Waals surface area contributed by atoms with Crippen LogP contribution >= 0.6 is 22.9 Å². The molecule has 1 unspecified atom stereocenters. The van der Waals surface area contributed by atoms with Crippen molar-refractivity contribution in [3.05, 3.63) is 21.4 Å². The van der Waals surface area contributed by atoms with Crippen LogP contribution in [0.3, 0.4) is 0 Å². The van der Waals surface area contributed by atoms with Crippen LogP contribution in [0.4, 0.5) is 0 Å². The van der Waals surface area contributed by atoms with Crippen LogP contribution in [0, 0.1) is 5.92 Å². The molecular formula is C16H19ClN2OS. The number of aryl methyl sites for hydroxylation is 2. The van der Waals surface area contributed by atoms with Gasteiger partial charge in [0.1, 0.15) is 16.1 Å². The summed E-state index contributed by atoms with van der Waals surface area (Å²) >= 11 is 8.31.